The molecule has 0 heterocycles. The second-order valence-electron chi connectivity index (χ2n) is 5.76. The predicted octanol–water partition coefficient (Wildman–Crippen LogP) is 3.16. The first-order valence-corrected chi connectivity index (χ1v) is 7.60. The fraction of sp³-hybridized carbons (Fsp3) is 0.625. The number of rotatable bonds is 6. The van der Waals surface area contributed by atoms with Crippen LogP contribution in [0.15, 0.2) is 18.2 Å². The van der Waals surface area contributed by atoms with Gasteiger partial charge in [0.05, 0.1) is 18.8 Å². The molecule has 0 aromatic heterocycles. The minimum Gasteiger partial charge on any atom is -0.493 e. The molecule has 112 valence electrons. The summed E-state index contributed by atoms with van der Waals surface area (Å²) in [6, 6.07) is 5.72. The Kier molecular flexibility index (Phi) is 5.12. The molecule has 1 aromatic carbocycles. The number of nitrogens with one attached hydrogen (secondary N) is 1. The van der Waals surface area contributed by atoms with Gasteiger partial charge in [-0.3, -0.25) is 0 Å². The third-order valence-corrected chi connectivity index (χ3v) is 3.92. The maximum atomic E-state index is 9.76. The Morgan fingerprint density at radius 3 is 2.65 bits per heavy atom. The molecule has 0 atom stereocenters. The van der Waals surface area contributed by atoms with Crippen molar-refractivity contribution in [2.45, 2.75) is 51.0 Å². The van der Waals surface area contributed by atoms with Gasteiger partial charge in [-0.25, -0.2) is 0 Å². The average molecular weight is 278 g/mol. The predicted molar refractivity (Wildman–Crippen MR) is 83.2 cm³/mol. The quantitative estimate of drug-likeness (QED) is 0.699. The largest absolute Gasteiger partial charge is 0.493 e. The average Bonchev–Trinajstić information content (AvgIpc) is 2.45. The van der Waals surface area contributed by atoms with Crippen molar-refractivity contribution in [1.29, 1.82) is 0 Å². The summed E-state index contributed by atoms with van der Waals surface area (Å²) in [5, 5.41) is 13.2. The summed E-state index contributed by atoms with van der Waals surface area (Å²) < 4.78 is 5.65. The molecule has 0 bridgehead atoms. The van der Waals surface area contributed by atoms with Gasteiger partial charge in [-0.15, -0.1) is 0 Å². The lowest BCUT2D eigenvalue weighted by atomic mass is 9.82. The lowest BCUT2D eigenvalue weighted by Gasteiger charge is -2.37. The molecule has 1 aliphatic rings. The number of nitrogen functional groups attached to an aromatic ring is 1. The first kappa shape index (κ1) is 15.0. The molecule has 4 nitrogen and oxygen atoms in total. The Balaban J connectivity index is 2.12. The smallest absolute Gasteiger partial charge is 0.123 e. The first-order valence-electron chi connectivity index (χ1n) is 7.60. The number of aliphatic hydroxyl groups excluding tert-OH is 1. The molecular formula is C16H26N2O2. The Morgan fingerprint density at radius 2 is 2.00 bits per heavy atom. The Bertz CT molecular complexity index is 428. The van der Waals surface area contributed by atoms with Crippen LogP contribution in [-0.4, -0.2) is 23.9 Å². The van der Waals surface area contributed by atoms with Crippen LogP contribution in [0.2, 0.25) is 0 Å². The second-order valence-corrected chi connectivity index (χ2v) is 5.76. The van der Waals surface area contributed by atoms with Gasteiger partial charge >= 0.3 is 0 Å². The van der Waals surface area contributed by atoms with E-state index in [1.165, 1.54) is 6.42 Å². The fourth-order valence-electron chi connectivity index (χ4n) is 2.85. The zero-order valence-corrected chi connectivity index (χ0v) is 12.3. The van der Waals surface area contributed by atoms with Crippen molar-refractivity contribution in [2.24, 2.45) is 0 Å². The highest BCUT2D eigenvalue weighted by molar-refractivity contribution is 5.60. The fourth-order valence-corrected chi connectivity index (χ4v) is 2.85. The van der Waals surface area contributed by atoms with Crippen molar-refractivity contribution >= 4 is 11.4 Å². The molecule has 1 fully saturated rings. The van der Waals surface area contributed by atoms with E-state index in [1.54, 1.807) is 0 Å². The van der Waals surface area contributed by atoms with Gasteiger partial charge in [-0.1, -0.05) is 26.2 Å². The van der Waals surface area contributed by atoms with Crippen molar-refractivity contribution in [1.82, 2.24) is 0 Å². The van der Waals surface area contributed by atoms with Crippen LogP contribution >= 0.6 is 0 Å². The number of hydrogen-bond donors (Lipinski definition) is 3. The Hall–Kier alpha value is -1.42. The highest BCUT2D eigenvalue weighted by Crippen LogP contribution is 2.33. The lowest BCUT2D eigenvalue weighted by molar-refractivity contribution is 0.173. The molecule has 1 saturated carbocycles. The minimum absolute atomic E-state index is 0.160. The highest BCUT2D eigenvalue weighted by Gasteiger charge is 2.31. The van der Waals surface area contributed by atoms with Gasteiger partial charge in [0, 0.05) is 23.5 Å². The molecule has 0 radical (unpaired) electrons. The van der Waals surface area contributed by atoms with E-state index in [-0.39, 0.29) is 12.1 Å². The molecule has 20 heavy (non-hydrogen) atoms. The highest BCUT2D eigenvalue weighted by atomic mass is 16.5. The van der Waals surface area contributed by atoms with Crippen LogP contribution in [0, 0.1) is 0 Å². The maximum Gasteiger partial charge on any atom is 0.123 e. The zero-order chi connectivity index (χ0) is 14.4. The maximum absolute atomic E-state index is 9.76. The van der Waals surface area contributed by atoms with Crippen molar-refractivity contribution in [3.05, 3.63) is 18.2 Å². The first-order chi connectivity index (χ1) is 9.67. The zero-order valence-electron chi connectivity index (χ0n) is 12.3. The molecule has 0 amide bonds. The van der Waals surface area contributed by atoms with Crippen molar-refractivity contribution in [2.75, 3.05) is 24.3 Å². The second kappa shape index (κ2) is 6.84. The summed E-state index contributed by atoms with van der Waals surface area (Å²) >= 11 is 0. The van der Waals surface area contributed by atoms with Crippen LogP contribution in [0.3, 0.4) is 0 Å². The molecule has 0 spiro atoms. The van der Waals surface area contributed by atoms with Gasteiger partial charge in [-0.05, 0) is 25.3 Å². The van der Waals surface area contributed by atoms with E-state index in [0.29, 0.717) is 12.3 Å². The summed E-state index contributed by atoms with van der Waals surface area (Å²) in [5.41, 5.74) is 7.36. The number of nitrogens with two attached hydrogens (primary N) is 1. The van der Waals surface area contributed by atoms with Crippen molar-refractivity contribution in [3.8, 4) is 5.75 Å². The SMILES string of the molecule is CCCOc1cc(N)cc(NC2(CO)CCCCC2)c1. The van der Waals surface area contributed by atoms with Crippen LogP contribution in [0.4, 0.5) is 11.4 Å². The van der Waals surface area contributed by atoms with Crippen LogP contribution < -0.4 is 15.8 Å². The normalized spacial score (nSPS) is 17.7. The molecule has 4 heteroatoms. The molecule has 0 aliphatic heterocycles. The van der Waals surface area contributed by atoms with E-state index in [1.807, 2.05) is 18.2 Å². The van der Waals surface area contributed by atoms with Gasteiger partial charge < -0.3 is 20.9 Å². The molecule has 0 unspecified atom stereocenters. The van der Waals surface area contributed by atoms with E-state index in [4.69, 9.17) is 10.5 Å². The number of benzene rings is 1. The summed E-state index contributed by atoms with van der Waals surface area (Å²) in [5.74, 6) is 0.790. The summed E-state index contributed by atoms with van der Waals surface area (Å²) in [6.07, 6.45) is 6.56. The van der Waals surface area contributed by atoms with Gasteiger partial charge in [0.15, 0.2) is 0 Å². The van der Waals surface area contributed by atoms with Crippen LogP contribution in [0.1, 0.15) is 45.4 Å². The van der Waals surface area contributed by atoms with E-state index >= 15 is 0 Å². The van der Waals surface area contributed by atoms with Gasteiger partial charge in [-0.2, -0.15) is 0 Å². The molecule has 2 rings (SSSR count). The summed E-state index contributed by atoms with van der Waals surface area (Å²) in [7, 11) is 0. The van der Waals surface area contributed by atoms with Crippen LogP contribution in [-0.2, 0) is 0 Å². The molecule has 1 aromatic rings. The molecule has 0 saturated heterocycles. The number of anilines is 2. The standard InChI is InChI=1S/C16H26N2O2/c1-2-8-20-15-10-13(17)9-14(11-15)18-16(12-19)6-4-3-5-7-16/h9-11,18-19H,2-8,12,17H2,1H3. The molecule has 1 aliphatic carbocycles. The Morgan fingerprint density at radius 1 is 1.25 bits per heavy atom. The number of aliphatic hydroxyl groups is 1. The number of hydrogen-bond acceptors (Lipinski definition) is 4. The molecule has 4 N–H and O–H groups in total. The van der Waals surface area contributed by atoms with Gasteiger partial charge in [0.25, 0.3) is 0 Å². The topological polar surface area (TPSA) is 67.5 Å². The number of ether oxygens (including phenoxy) is 1. The monoisotopic (exact) mass is 278 g/mol. The molecular weight excluding hydrogens is 252 g/mol. The van der Waals surface area contributed by atoms with Crippen LogP contribution in [0.5, 0.6) is 5.75 Å². The summed E-state index contributed by atoms with van der Waals surface area (Å²) in [6.45, 7) is 2.93. The minimum atomic E-state index is -0.200. The third kappa shape index (κ3) is 3.79. The summed E-state index contributed by atoms with van der Waals surface area (Å²) in [4.78, 5) is 0. The van der Waals surface area contributed by atoms with Crippen molar-refractivity contribution in [3.63, 3.8) is 0 Å². The van der Waals surface area contributed by atoms with E-state index < -0.39 is 0 Å². The van der Waals surface area contributed by atoms with Gasteiger partial charge in [0.1, 0.15) is 5.75 Å². The third-order valence-electron chi connectivity index (χ3n) is 3.92. The van der Waals surface area contributed by atoms with Crippen molar-refractivity contribution < 1.29 is 9.84 Å². The Labute approximate surface area is 121 Å². The van der Waals surface area contributed by atoms with Crippen LogP contribution in [0.25, 0.3) is 0 Å². The van der Waals surface area contributed by atoms with E-state index in [2.05, 4.69) is 12.2 Å². The van der Waals surface area contributed by atoms with Gasteiger partial charge in [0.2, 0.25) is 0 Å². The lowest BCUT2D eigenvalue weighted by Crippen LogP contribution is -2.43. The van der Waals surface area contributed by atoms with E-state index in [9.17, 15) is 5.11 Å². The van der Waals surface area contributed by atoms with E-state index in [0.717, 1.165) is 43.5 Å².